The van der Waals surface area contributed by atoms with E-state index in [-0.39, 0.29) is 18.1 Å². The van der Waals surface area contributed by atoms with Gasteiger partial charge in [0.1, 0.15) is 12.1 Å². The third kappa shape index (κ3) is 1.66. The molecule has 3 unspecified atom stereocenters. The first kappa shape index (κ1) is 9.60. The third-order valence-corrected chi connectivity index (χ3v) is 3.89. The predicted octanol–water partition coefficient (Wildman–Crippen LogP) is 0.316. The summed E-state index contributed by atoms with van der Waals surface area (Å²) in [6.45, 7) is 2.14. The zero-order valence-electron chi connectivity index (χ0n) is 8.78. The molecule has 1 aliphatic carbocycles. The monoisotopic (exact) mass is 211 g/mol. The Labute approximate surface area is 89.3 Å². The zero-order valence-corrected chi connectivity index (χ0v) is 8.78. The van der Waals surface area contributed by atoms with Crippen molar-refractivity contribution in [2.75, 3.05) is 19.8 Å². The van der Waals surface area contributed by atoms with Gasteiger partial charge < -0.3 is 14.8 Å². The summed E-state index contributed by atoms with van der Waals surface area (Å²) < 4.78 is 10.3. The lowest BCUT2D eigenvalue weighted by Crippen LogP contribution is -2.44. The molecule has 84 valence electrons. The van der Waals surface area contributed by atoms with Crippen LogP contribution in [0.4, 0.5) is 0 Å². The van der Waals surface area contributed by atoms with Gasteiger partial charge in [0.15, 0.2) is 0 Å². The minimum absolute atomic E-state index is 0.0137. The molecule has 0 amide bonds. The molecule has 0 aromatic carbocycles. The van der Waals surface area contributed by atoms with Crippen molar-refractivity contribution >= 4 is 5.97 Å². The Bertz CT molecular complexity index is 265. The fourth-order valence-corrected chi connectivity index (χ4v) is 2.97. The zero-order chi connectivity index (χ0) is 10.3. The van der Waals surface area contributed by atoms with E-state index in [1.807, 2.05) is 0 Å². The molecule has 1 saturated carbocycles. The minimum Gasteiger partial charge on any atom is -0.456 e. The number of carbonyl (C=O) groups excluding carboxylic acids is 1. The molecule has 2 aliphatic heterocycles. The number of nitrogens with one attached hydrogen (secondary N) is 1. The van der Waals surface area contributed by atoms with Crippen LogP contribution in [0.25, 0.3) is 0 Å². The number of esters is 1. The van der Waals surface area contributed by atoms with Gasteiger partial charge in [0.2, 0.25) is 0 Å². The van der Waals surface area contributed by atoms with Crippen molar-refractivity contribution in [3.63, 3.8) is 0 Å². The topological polar surface area (TPSA) is 47.6 Å². The second kappa shape index (κ2) is 3.76. The maximum atomic E-state index is 11.9. The number of hydrogen-bond acceptors (Lipinski definition) is 4. The SMILES string of the molecule is O=C(OC1COC1)C1NCC2CCCC21. The summed E-state index contributed by atoms with van der Waals surface area (Å²) in [5.74, 6) is 1.18. The van der Waals surface area contributed by atoms with E-state index in [4.69, 9.17) is 9.47 Å². The van der Waals surface area contributed by atoms with Gasteiger partial charge in [-0.1, -0.05) is 6.42 Å². The highest BCUT2D eigenvalue weighted by Gasteiger charge is 2.44. The van der Waals surface area contributed by atoms with Crippen LogP contribution in [0.1, 0.15) is 19.3 Å². The van der Waals surface area contributed by atoms with Crippen molar-refractivity contribution in [3.8, 4) is 0 Å². The average molecular weight is 211 g/mol. The van der Waals surface area contributed by atoms with Gasteiger partial charge in [0, 0.05) is 0 Å². The summed E-state index contributed by atoms with van der Waals surface area (Å²) in [6.07, 6.45) is 3.74. The van der Waals surface area contributed by atoms with Gasteiger partial charge in [0.25, 0.3) is 0 Å². The van der Waals surface area contributed by atoms with E-state index in [0.29, 0.717) is 25.0 Å². The molecular formula is C11H17NO3. The highest BCUT2D eigenvalue weighted by Crippen LogP contribution is 2.38. The highest BCUT2D eigenvalue weighted by molar-refractivity contribution is 5.77. The Balaban J connectivity index is 1.58. The van der Waals surface area contributed by atoms with Crippen LogP contribution in [0.5, 0.6) is 0 Å². The molecular weight excluding hydrogens is 194 g/mol. The largest absolute Gasteiger partial charge is 0.456 e. The van der Waals surface area contributed by atoms with Gasteiger partial charge in [-0.15, -0.1) is 0 Å². The third-order valence-electron chi connectivity index (χ3n) is 3.89. The van der Waals surface area contributed by atoms with Gasteiger partial charge >= 0.3 is 5.97 Å². The van der Waals surface area contributed by atoms with Gasteiger partial charge in [-0.3, -0.25) is 4.79 Å². The summed E-state index contributed by atoms with van der Waals surface area (Å²) in [5.41, 5.74) is 0. The fourth-order valence-electron chi connectivity index (χ4n) is 2.97. The van der Waals surface area contributed by atoms with Crippen LogP contribution in [0.2, 0.25) is 0 Å². The quantitative estimate of drug-likeness (QED) is 0.668. The van der Waals surface area contributed by atoms with E-state index < -0.39 is 0 Å². The van der Waals surface area contributed by atoms with Crippen molar-refractivity contribution in [2.45, 2.75) is 31.4 Å². The lowest BCUT2D eigenvalue weighted by Gasteiger charge is -2.28. The van der Waals surface area contributed by atoms with Crippen molar-refractivity contribution in [1.82, 2.24) is 5.32 Å². The maximum Gasteiger partial charge on any atom is 0.323 e. The van der Waals surface area contributed by atoms with Crippen molar-refractivity contribution in [3.05, 3.63) is 0 Å². The minimum atomic E-state index is -0.0577. The number of rotatable bonds is 2. The number of carbonyl (C=O) groups is 1. The van der Waals surface area contributed by atoms with Gasteiger partial charge in [-0.25, -0.2) is 0 Å². The number of fused-ring (bicyclic) bond motifs is 1. The summed E-state index contributed by atoms with van der Waals surface area (Å²) in [7, 11) is 0. The Morgan fingerprint density at radius 1 is 1.33 bits per heavy atom. The molecule has 4 heteroatoms. The van der Waals surface area contributed by atoms with Crippen molar-refractivity contribution in [2.24, 2.45) is 11.8 Å². The summed E-state index contributed by atoms with van der Waals surface area (Å²) in [4.78, 5) is 11.9. The molecule has 3 aliphatic rings. The molecule has 3 atom stereocenters. The van der Waals surface area contributed by atoms with Crippen molar-refractivity contribution < 1.29 is 14.3 Å². The maximum absolute atomic E-state index is 11.9. The Morgan fingerprint density at radius 3 is 2.93 bits per heavy atom. The van der Waals surface area contributed by atoms with E-state index in [9.17, 15) is 4.79 Å². The Hall–Kier alpha value is -0.610. The summed E-state index contributed by atoms with van der Waals surface area (Å²) in [6, 6.07) is -0.0434. The van der Waals surface area contributed by atoms with Crippen LogP contribution >= 0.6 is 0 Å². The molecule has 0 spiro atoms. The first-order chi connectivity index (χ1) is 7.34. The van der Waals surface area contributed by atoms with Gasteiger partial charge in [-0.2, -0.15) is 0 Å². The predicted molar refractivity (Wildman–Crippen MR) is 53.3 cm³/mol. The fraction of sp³-hybridized carbons (Fsp3) is 0.909. The molecule has 0 aromatic heterocycles. The smallest absolute Gasteiger partial charge is 0.323 e. The molecule has 2 saturated heterocycles. The number of ether oxygens (including phenoxy) is 2. The molecule has 3 fully saturated rings. The lowest BCUT2D eigenvalue weighted by atomic mass is 9.94. The van der Waals surface area contributed by atoms with Crippen LogP contribution in [-0.2, 0) is 14.3 Å². The van der Waals surface area contributed by atoms with Crippen LogP contribution in [0, 0.1) is 11.8 Å². The molecule has 2 heterocycles. The van der Waals surface area contributed by atoms with E-state index in [2.05, 4.69) is 5.32 Å². The molecule has 4 nitrogen and oxygen atoms in total. The van der Waals surface area contributed by atoms with E-state index in [1.54, 1.807) is 0 Å². The van der Waals surface area contributed by atoms with Gasteiger partial charge in [0.05, 0.1) is 13.2 Å². The molecule has 3 rings (SSSR count). The van der Waals surface area contributed by atoms with Crippen LogP contribution in [0.3, 0.4) is 0 Å². The molecule has 0 radical (unpaired) electrons. The van der Waals surface area contributed by atoms with Crippen molar-refractivity contribution in [1.29, 1.82) is 0 Å². The highest BCUT2D eigenvalue weighted by atomic mass is 16.6. The first-order valence-corrected chi connectivity index (χ1v) is 5.86. The molecule has 0 aromatic rings. The normalized spacial score (nSPS) is 39.9. The van der Waals surface area contributed by atoms with Crippen LogP contribution < -0.4 is 5.32 Å². The molecule has 1 N–H and O–H groups in total. The number of hydrogen-bond donors (Lipinski definition) is 1. The van der Waals surface area contributed by atoms with Crippen LogP contribution in [0.15, 0.2) is 0 Å². The average Bonchev–Trinajstić information content (AvgIpc) is 2.71. The molecule has 0 bridgehead atoms. The van der Waals surface area contributed by atoms with Gasteiger partial charge in [-0.05, 0) is 31.2 Å². The lowest BCUT2D eigenvalue weighted by molar-refractivity contribution is -0.175. The first-order valence-electron chi connectivity index (χ1n) is 5.86. The second-order valence-corrected chi connectivity index (χ2v) is 4.84. The van der Waals surface area contributed by atoms with Crippen LogP contribution in [-0.4, -0.2) is 37.9 Å². The second-order valence-electron chi connectivity index (χ2n) is 4.84. The van der Waals surface area contributed by atoms with E-state index >= 15 is 0 Å². The summed E-state index contributed by atoms with van der Waals surface area (Å²) >= 11 is 0. The van der Waals surface area contributed by atoms with E-state index in [1.165, 1.54) is 19.3 Å². The van der Waals surface area contributed by atoms with E-state index in [0.717, 1.165) is 6.54 Å². The standard InChI is InChI=1S/C11H17NO3/c13-11(15-8-5-14-6-8)10-9-3-1-2-7(9)4-12-10/h7-10,12H,1-6H2. The Morgan fingerprint density at radius 2 is 2.20 bits per heavy atom. The summed E-state index contributed by atoms with van der Waals surface area (Å²) in [5, 5.41) is 3.30. The molecule has 15 heavy (non-hydrogen) atoms. The Kier molecular flexibility index (Phi) is 2.41.